The Bertz CT molecular complexity index is 1720. The van der Waals surface area contributed by atoms with E-state index in [1.807, 2.05) is 0 Å². The number of ether oxygens (including phenoxy) is 2. The molecule has 7 atom stereocenters. The summed E-state index contributed by atoms with van der Waals surface area (Å²) < 4.78 is 93.4. The van der Waals surface area contributed by atoms with Gasteiger partial charge in [-0.05, 0) is 74.3 Å². The highest BCUT2D eigenvalue weighted by atomic mass is 35.5. The highest BCUT2D eigenvalue weighted by Gasteiger charge is 2.44. The van der Waals surface area contributed by atoms with Crippen molar-refractivity contribution in [3.8, 4) is 0 Å². The van der Waals surface area contributed by atoms with E-state index in [1.54, 1.807) is 24.3 Å². The van der Waals surface area contributed by atoms with E-state index < -0.39 is 82.6 Å². The van der Waals surface area contributed by atoms with Crippen LogP contribution in [0.25, 0.3) is 0 Å². The molecule has 3 heterocycles. The lowest BCUT2D eigenvalue weighted by molar-refractivity contribution is -0.169. The van der Waals surface area contributed by atoms with Crippen molar-refractivity contribution in [1.29, 1.82) is 0 Å². The molecule has 3 amide bonds. The van der Waals surface area contributed by atoms with Crippen LogP contribution in [0.4, 0.5) is 32.8 Å². The minimum atomic E-state index is -4.50. The Labute approximate surface area is 303 Å². The van der Waals surface area contributed by atoms with Crippen LogP contribution in [0.2, 0.25) is 5.02 Å². The number of benzene rings is 2. The Hall–Kier alpha value is -3.67. The summed E-state index contributed by atoms with van der Waals surface area (Å²) in [6, 6.07) is 7.56. The normalized spacial score (nSPS) is 25.7. The maximum Gasteiger partial charge on any atom is 0.407 e. The molecular formula is C34H41ClF4N4O8S. The van der Waals surface area contributed by atoms with Crippen molar-refractivity contribution in [2.75, 3.05) is 37.9 Å². The number of carbonyl (C=O) groups excluding carboxylic acids is 2. The number of methoxy groups -OCH3 is 1. The summed E-state index contributed by atoms with van der Waals surface area (Å²) in [5, 5.41) is 15.4. The lowest BCUT2D eigenvalue weighted by Crippen LogP contribution is -2.60. The molecule has 18 heteroatoms. The number of fused-ring (bicyclic) bond motifs is 2. The van der Waals surface area contributed by atoms with Crippen LogP contribution in [-0.4, -0.2) is 104 Å². The SMILES string of the molecule is COC(=O)N[C@H](C(=O)Nc1cccc(F)c1CCC1CN(C(=O)O)C2CCCS(=O)(=O)N1C2)[C@@H](c1ccc(Cl)cc1)[C@H]1CCO[C@@H](CC(F)(F)F)C1. The van der Waals surface area contributed by atoms with Gasteiger partial charge in [0.05, 0.1) is 25.4 Å². The maximum atomic E-state index is 15.5. The van der Waals surface area contributed by atoms with Gasteiger partial charge in [0.15, 0.2) is 0 Å². The number of carbonyl (C=O) groups is 3. The van der Waals surface area contributed by atoms with Crippen molar-refractivity contribution >= 4 is 45.4 Å². The van der Waals surface area contributed by atoms with Crippen molar-refractivity contribution in [1.82, 2.24) is 14.5 Å². The van der Waals surface area contributed by atoms with Crippen molar-refractivity contribution in [2.45, 2.75) is 81.3 Å². The van der Waals surface area contributed by atoms with E-state index in [0.717, 1.165) is 13.2 Å². The molecule has 12 nitrogen and oxygen atoms in total. The van der Waals surface area contributed by atoms with Crippen LogP contribution in [0.5, 0.6) is 0 Å². The third-order valence-corrected chi connectivity index (χ3v) is 12.2. The number of halogens is 5. The van der Waals surface area contributed by atoms with E-state index in [4.69, 9.17) is 21.1 Å². The number of amides is 3. The zero-order valence-electron chi connectivity index (χ0n) is 28.3. The number of rotatable bonds is 10. The van der Waals surface area contributed by atoms with Crippen LogP contribution >= 0.6 is 11.6 Å². The van der Waals surface area contributed by atoms with Crippen LogP contribution in [-0.2, 0) is 30.7 Å². The molecule has 0 aromatic heterocycles. The second-order valence-corrected chi connectivity index (χ2v) is 15.8. The third-order valence-electron chi connectivity index (χ3n) is 10.0. The summed E-state index contributed by atoms with van der Waals surface area (Å²) in [6.07, 6.45) is -8.25. The maximum absolute atomic E-state index is 15.5. The summed E-state index contributed by atoms with van der Waals surface area (Å²) in [7, 11) is -2.62. The van der Waals surface area contributed by atoms with E-state index in [1.165, 1.54) is 21.3 Å². The van der Waals surface area contributed by atoms with Gasteiger partial charge in [0, 0.05) is 54.0 Å². The first-order chi connectivity index (χ1) is 24.6. The lowest BCUT2D eigenvalue weighted by atomic mass is 9.74. The fourth-order valence-corrected chi connectivity index (χ4v) is 9.53. The molecule has 0 spiro atoms. The smallest absolute Gasteiger partial charge is 0.407 e. The van der Waals surface area contributed by atoms with Crippen molar-refractivity contribution in [2.24, 2.45) is 5.92 Å². The van der Waals surface area contributed by atoms with Gasteiger partial charge in [-0.3, -0.25) is 4.79 Å². The third kappa shape index (κ3) is 9.65. The first-order valence-corrected chi connectivity index (χ1v) is 18.9. The summed E-state index contributed by atoms with van der Waals surface area (Å²) in [6.45, 7) is -0.142. The largest absolute Gasteiger partial charge is 0.465 e. The van der Waals surface area contributed by atoms with E-state index in [2.05, 4.69) is 10.6 Å². The molecule has 2 aromatic rings. The van der Waals surface area contributed by atoms with Gasteiger partial charge in [-0.15, -0.1) is 0 Å². The van der Waals surface area contributed by atoms with Crippen molar-refractivity contribution in [3.05, 3.63) is 64.4 Å². The van der Waals surface area contributed by atoms with Crippen LogP contribution in [0.15, 0.2) is 42.5 Å². The highest BCUT2D eigenvalue weighted by Crippen LogP contribution is 2.40. The summed E-state index contributed by atoms with van der Waals surface area (Å²) in [4.78, 5) is 40.2. The molecule has 3 fully saturated rings. The molecule has 0 aliphatic carbocycles. The van der Waals surface area contributed by atoms with Gasteiger partial charge >= 0.3 is 18.4 Å². The highest BCUT2D eigenvalue weighted by molar-refractivity contribution is 7.89. The van der Waals surface area contributed by atoms with E-state index in [0.29, 0.717) is 23.4 Å². The summed E-state index contributed by atoms with van der Waals surface area (Å²) >= 11 is 6.13. The number of alkyl halides is 3. The van der Waals surface area contributed by atoms with Crippen LogP contribution < -0.4 is 10.6 Å². The number of nitrogens with zero attached hydrogens (tertiary/aromatic N) is 2. The molecule has 0 radical (unpaired) electrons. The number of hydrogen-bond acceptors (Lipinski definition) is 7. The molecule has 3 aliphatic heterocycles. The van der Waals surface area contributed by atoms with E-state index >= 15 is 4.39 Å². The van der Waals surface area contributed by atoms with Gasteiger partial charge in [-0.2, -0.15) is 17.5 Å². The Kier molecular flexibility index (Phi) is 12.6. The molecule has 286 valence electrons. The van der Waals surface area contributed by atoms with Crippen LogP contribution in [0.1, 0.15) is 55.6 Å². The molecule has 3 N–H and O–H groups in total. The Morgan fingerprint density at radius 3 is 2.52 bits per heavy atom. The number of alkyl carbamates (subject to hydrolysis) is 1. The second-order valence-electron chi connectivity index (χ2n) is 13.4. The topological polar surface area (TPSA) is 155 Å². The number of anilines is 1. The zero-order chi connectivity index (χ0) is 37.8. The van der Waals surface area contributed by atoms with Crippen LogP contribution in [0, 0.1) is 11.7 Å². The quantitative estimate of drug-likeness (QED) is 0.258. The lowest BCUT2D eigenvalue weighted by Gasteiger charge is -2.43. The molecule has 5 rings (SSSR count). The predicted octanol–water partition coefficient (Wildman–Crippen LogP) is 5.76. The van der Waals surface area contributed by atoms with E-state index in [9.17, 15) is 41.1 Å². The zero-order valence-corrected chi connectivity index (χ0v) is 29.9. The molecule has 2 bridgehead atoms. The molecule has 0 saturated carbocycles. The monoisotopic (exact) mass is 776 g/mol. The van der Waals surface area contributed by atoms with Gasteiger partial charge in [-0.1, -0.05) is 29.8 Å². The first kappa shape index (κ1) is 39.5. The summed E-state index contributed by atoms with van der Waals surface area (Å²) in [5.41, 5.74) is 0.527. The van der Waals surface area contributed by atoms with Gasteiger partial charge in [0.1, 0.15) is 11.9 Å². The minimum absolute atomic E-state index is 0.0108. The summed E-state index contributed by atoms with van der Waals surface area (Å²) in [5.74, 6) is -3.17. The van der Waals surface area contributed by atoms with E-state index in [-0.39, 0.29) is 62.4 Å². The number of carboxylic acid groups (broad SMARTS) is 1. The molecule has 2 aromatic carbocycles. The number of nitrogens with one attached hydrogen (secondary N) is 2. The number of sulfonamides is 1. The molecular weight excluding hydrogens is 736 g/mol. The Morgan fingerprint density at radius 1 is 1.12 bits per heavy atom. The average molecular weight is 777 g/mol. The predicted molar refractivity (Wildman–Crippen MR) is 182 cm³/mol. The standard InChI is InChI=1S/C34H41ClF4N4O8S/c1-50-32(45)41-30(29(20-7-9-22(35)10-8-20)21-13-14-51-25(16-21)17-34(37,38)39)31(44)40-28-6-2-5-27(36)26(28)12-11-24-18-42(33(46)47)23-4-3-15-52(48,49)43(24)19-23/h2,5-10,21,23-25,29-30H,3-4,11-19H2,1H3,(H,40,44)(H,41,45)(H,46,47)/t21-,23?,24?,25+,29-,30-/m0/s1. The first-order valence-electron chi connectivity index (χ1n) is 16.9. The fourth-order valence-electron chi connectivity index (χ4n) is 7.61. The molecule has 3 saturated heterocycles. The van der Waals surface area contributed by atoms with Crippen molar-refractivity contribution in [3.63, 3.8) is 0 Å². The average Bonchev–Trinajstić information content (AvgIpc) is 3.20. The van der Waals surface area contributed by atoms with Gasteiger partial charge in [0.25, 0.3) is 0 Å². The molecule has 3 aliphatic rings. The van der Waals surface area contributed by atoms with Gasteiger partial charge in [0.2, 0.25) is 15.9 Å². The Morgan fingerprint density at radius 2 is 1.85 bits per heavy atom. The number of hydrogen-bond donors (Lipinski definition) is 3. The van der Waals surface area contributed by atoms with Crippen LogP contribution in [0.3, 0.4) is 0 Å². The van der Waals surface area contributed by atoms with Crippen molar-refractivity contribution < 1.29 is 54.9 Å². The van der Waals surface area contributed by atoms with Gasteiger partial charge < -0.3 is 30.1 Å². The second kappa shape index (κ2) is 16.6. The fraction of sp³-hybridized carbons (Fsp3) is 0.559. The Balaban J connectivity index is 1.44. The minimum Gasteiger partial charge on any atom is -0.465 e. The van der Waals surface area contributed by atoms with Gasteiger partial charge in [-0.25, -0.2) is 22.4 Å². The molecule has 52 heavy (non-hydrogen) atoms. The number of piperazine rings is 1. The molecule has 3 unspecified atom stereocenters.